The molecule has 2 aromatic rings. The molecule has 1 N–H and O–H groups in total. The number of carbonyl (C=O) groups excluding carboxylic acids is 2. The van der Waals surface area contributed by atoms with Gasteiger partial charge in [-0.2, -0.15) is 0 Å². The topological polar surface area (TPSA) is 49.4 Å². The van der Waals surface area contributed by atoms with E-state index in [1.165, 1.54) is 0 Å². The van der Waals surface area contributed by atoms with Crippen LogP contribution in [0.5, 0.6) is 0 Å². The number of nitrogens with one attached hydrogen (secondary N) is 1. The number of hydrogen-bond acceptors (Lipinski definition) is 2. The first-order valence-electron chi connectivity index (χ1n) is 7.63. The Kier molecular flexibility index (Phi) is 5.21. The minimum absolute atomic E-state index is 0.0671. The van der Waals surface area contributed by atoms with E-state index in [0.29, 0.717) is 30.1 Å². The summed E-state index contributed by atoms with van der Waals surface area (Å²) < 4.78 is 0.757. The predicted octanol–water partition coefficient (Wildman–Crippen LogP) is 3.89. The molecule has 1 atom stereocenters. The second-order valence-electron chi connectivity index (χ2n) is 5.74. The minimum Gasteiger partial charge on any atom is -0.352 e. The summed E-state index contributed by atoms with van der Waals surface area (Å²) in [5.74, 6) is 0.0249. The smallest absolute Gasteiger partial charge is 0.252 e. The van der Waals surface area contributed by atoms with Gasteiger partial charge in [-0.3, -0.25) is 9.59 Å². The summed E-state index contributed by atoms with van der Waals surface area (Å²) in [5.41, 5.74) is 1.43. The summed E-state index contributed by atoms with van der Waals surface area (Å²) in [4.78, 5) is 26.2. The van der Waals surface area contributed by atoms with Crippen LogP contribution in [0.1, 0.15) is 16.8 Å². The molecule has 124 valence electrons. The van der Waals surface area contributed by atoms with Crippen molar-refractivity contribution in [2.24, 2.45) is 5.92 Å². The Morgan fingerprint density at radius 3 is 2.62 bits per heavy atom. The van der Waals surface area contributed by atoms with Crippen LogP contribution in [0.25, 0.3) is 0 Å². The number of amides is 2. The molecule has 1 saturated heterocycles. The van der Waals surface area contributed by atoms with Gasteiger partial charge in [0, 0.05) is 40.6 Å². The number of benzene rings is 2. The van der Waals surface area contributed by atoms with E-state index in [0.717, 1.165) is 10.2 Å². The van der Waals surface area contributed by atoms with Gasteiger partial charge in [0.2, 0.25) is 5.91 Å². The fourth-order valence-electron chi connectivity index (χ4n) is 2.77. The zero-order valence-electron chi connectivity index (χ0n) is 12.8. The van der Waals surface area contributed by atoms with E-state index in [-0.39, 0.29) is 17.7 Å². The van der Waals surface area contributed by atoms with Crippen molar-refractivity contribution in [3.05, 3.63) is 63.6 Å². The molecule has 0 saturated carbocycles. The van der Waals surface area contributed by atoms with E-state index in [9.17, 15) is 9.59 Å². The third kappa shape index (κ3) is 3.79. The number of carbonyl (C=O) groups is 2. The van der Waals surface area contributed by atoms with Crippen molar-refractivity contribution >= 4 is 45.0 Å². The molecular formula is C18H16BrClN2O2. The van der Waals surface area contributed by atoms with Gasteiger partial charge in [-0.25, -0.2) is 0 Å². The van der Waals surface area contributed by atoms with Gasteiger partial charge in [0.25, 0.3) is 5.91 Å². The second-order valence-corrected chi connectivity index (χ2v) is 7.03. The molecule has 4 nitrogen and oxygen atoms in total. The molecule has 6 heteroatoms. The van der Waals surface area contributed by atoms with E-state index in [4.69, 9.17) is 11.6 Å². The Labute approximate surface area is 153 Å². The fraction of sp³-hybridized carbons (Fsp3) is 0.222. The highest BCUT2D eigenvalue weighted by atomic mass is 79.9. The van der Waals surface area contributed by atoms with Gasteiger partial charge < -0.3 is 10.2 Å². The van der Waals surface area contributed by atoms with Crippen molar-refractivity contribution in [3.8, 4) is 0 Å². The molecule has 0 radical (unpaired) electrons. The van der Waals surface area contributed by atoms with Crippen LogP contribution in [0.2, 0.25) is 5.02 Å². The number of nitrogens with zero attached hydrogens (tertiary/aromatic N) is 1. The highest BCUT2D eigenvalue weighted by Gasteiger charge is 2.30. The molecule has 0 aliphatic carbocycles. The van der Waals surface area contributed by atoms with Gasteiger partial charge in [0.15, 0.2) is 0 Å². The Morgan fingerprint density at radius 1 is 1.21 bits per heavy atom. The summed E-state index contributed by atoms with van der Waals surface area (Å²) in [7, 11) is 0. The highest BCUT2D eigenvalue weighted by Crippen LogP contribution is 2.26. The van der Waals surface area contributed by atoms with Gasteiger partial charge in [-0.05, 0) is 52.3 Å². The van der Waals surface area contributed by atoms with Gasteiger partial charge in [0.05, 0.1) is 5.56 Å². The van der Waals surface area contributed by atoms with Crippen molar-refractivity contribution in [2.75, 3.05) is 18.0 Å². The van der Waals surface area contributed by atoms with E-state index < -0.39 is 0 Å². The Morgan fingerprint density at radius 2 is 1.92 bits per heavy atom. The first kappa shape index (κ1) is 17.0. The van der Waals surface area contributed by atoms with Crippen molar-refractivity contribution in [2.45, 2.75) is 6.42 Å². The van der Waals surface area contributed by atoms with Crippen LogP contribution in [0.4, 0.5) is 5.69 Å². The first-order valence-corrected chi connectivity index (χ1v) is 8.80. The molecule has 1 heterocycles. The van der Waals surface area contributed by atoms with E-state index >= 15 is 0 Å². The predicted molar refractivity (Wildman–Crippen MR) is 98.4 cm³/mol. The summed E-state index contributed by atoms with van der Waals surface area (Å²) in [6.07, 6.45) is 0.429. The molecule has 1 aliphatic heterocycles. The lowest BCUT2D eigenvalue weighted by atomic mass is 10.1. The zero-order chi connectivity index (χ0) is 17.1. The van der Waals surface area contributed by atoms with Gasteiger partial charge in [-0.15, -0.1) is 0 Å². The molecule has 2 amide bonds. The van der Waals surface area contributed by atoms with Gasteiger partial charge >= 0.3 is 0 Å². The van der Waals surface area contributed by atoms with Crippen molar-refractivity contribution in [1.82, 2.24) is 5.32 Å². The van der Waals surface area contributed by atoms with E-state index in [2.05, 4.69) is 21.2 Å². The number of rotatable bonds is 4. The Balaban J connectivity index is 1.59. The maximum Gasteiger partial charge on any atom is 0.252 e. The quantitative estimate of drug-likeness (QED) is 0.836. The van der Waals surface area contributed by atoms with Crippen LogP contribution in [0, 0.1) is 5.92 Å². The zero-order valence-corrected chi connectivity index (χ0v) is 15.2. The van der Waals surface area contributed by atoms with E-state index in [1.807, 2.05) is 30.3 Å². The largest absolute Gasteiger partial charge is 0.352 e. The van der Waals surface area contributed by atoms with Gasteiger partial charge in [-0.1, -0.05) is 23.7 Å². The average Bonchev–Trinajstić information content (AvgIpc) is 2.95. The summed E-state index contributed by atoms with van der Waals surface area (Å²) in [6.45, 7) is 1.06. The monoisotopic (exact) mass is 406 g/mol. The Hall–Kier alpha value is -1.85. The molecule has 0 aromatic heterocycles. The molecule has 24 heavy (non-hydrogen) atoms. The average molecular weight is 408 g/mol. The van der Waals surface area contributed by atoms with Crippen LogP contribution in [0.15, 0.2) is 53.0 Å². The Bertz CT molecular complexity index is 764. The number of halogens is 2. The molecule has 2 aromatic carbocycles. The molecule has 0 bridgehead atoms. The van der Waals surface area contributed by atoms with Crippen LogP contribution in [-0.2, 0) is 4.79 Å². The first-order chi connectivity index (χ1) is 11.5. The molecule has 1 aliphatic rings. The van der Waals surface area contributed by atoms with Crippen LogP contribution < -0.4 is 10.2 Å². The van der Waals surface area contributed by atoms with E-state index in [1.54, 1.807) is 23.1 Å². The van der Waals surface area contributed by atoms with Crippen molar-refractivity contribution < 1.29 is 9.59 Å². The van der Waals surface area contributed by atoms with Gasteiger partial charge in [0.1, 0.15) is 0 Å². The molecular weight excluding hydrogens is 392 g/mol. The molecule has 3 rings (SSSR count). The van der Waals surface area contributed by atoms with Crippen LogP contribution in [0.3, 0.4) is 0 Å². The SMILES string of the molecule is O=C(NCC1CC(=O)N(c2ccc(Cl)cc2)C1)c1ccccc1Br. The number of hydrogen-bond donors (Lipinski definition) is 1. The molecule has 1 unspecified atom stereocenters. The van der Waals surface area contributed by atoms with Crippen LogP contribution >= 0.6 is 27.5 Å². The maximum atomic E-state index is 12.2. The number of anilines is 1. The summed E-state index contributed by atoms with van der Waals surface area (Å²) in [5, 5.41) is 3.56. The lowest BCUT2D eigenvalue weighted by Crippen LogP contribution is -2.31. The third-order valence-corrected chi connectivity index (χ3v) is 4.96. The summed E-state index contributed by atoms with van der Waals surface area (Å²) in [6, 6.07) is 14.5. The lowest BCUT2D eigenvalue weighted by molar-refractivity contribution is -0.117. The van der Waals surface area contributed by atoms with Crippen molar-refractivity contribution in [3.63, 3.8) is 0 Å². The molecule has 0 spiro atoms. The van der Waals surface area contributed by atoms with Crippen LogP contribution in [-0.4, -0.2) is 24.9 Å². The third-order valence-electron chi connectivity index (χ3n) is 4.01. The molecule has 1 fully saturated rings. The lowest BCUT2D eigenvalue weighted by Gasteiger charge is -2.17. The normalized spacial score (nSPS) is 17.2. The highest BCUT2D eigenvalue weighted by molar-refractivity contribution is 9.10. The summed E-state index contributed by atoms with van der Waals surface area (Å²) >= 11 is 9.26. The second kappa shape index (κ2) is 7.36. The standard InChI is InChI=1S/C18H16BrClN2O2/c19-16-4-2-1-3-15(16)18(24)21-10-12-9-17(23)22(11-12)14-7-5-13(20)6-8-14/h1-8,12H,9-11H2,(H,21,24). The van der Waals surface area contributed by atoms with Crippen molar-refractivity contribution in [1.29, 1.82) is 0 Å². The minimum atomic E-state index is -0.139. The fourth-order valence-corrected chi connectivity index (χ4v) is 3.36. The maximum absolute atomic E-state index is 12.2.